The highest BCUT2D eigenvalue weighted by Crippen LogP contribution is 2.33. The summed E-state index contributed by atoms with van der Waals surface area (Å²) in [5.74, 6) is -8.77. The van der Waals surface area contributed by atoms with Crippen molar-refractivity contribution in [1.82, 2.24) is 9.55 Å². The number of anilines is 1. The first-order valence-corrected chi connectivity index (χ1v) is 8.96. The molecule has 1 aromatic heterocycles. The molecular weight excluding hydrogens is 517 g/mol. The summed E-state index contributed by atoms with van der Waals surface area (Å²) in [7, 11) is 0. The summed E-state index contributed by atoms with van der Waals surface area (Å²) in [6, 6.07) is 0. The number of nitrogens with one attached hydrogen (secondary N) is 1. The quantitative estimate of drug-likeness (QED) is 0.453. The average Bonchev–Trinajstić information content (AvgIpc) is 3.08. The van der Waals surface area contributed by atoms with Gasteiger partial charge in [-0.3, -0.25) is 9.36 Å². The van der Waals surface area contributed by atoms with Gasteiger partial charge < -0.3 is 19.5 Å². The molecule has 0 aromatic carbocycles. The van der Waals surface area contributed by atoms with Crippen molar-refractivity contribution >= 4 is 23.7 Å². The second kappa shape index (κ2) is 9.70. The Kier molecular flexibility index (Phi) is 7.72. The van der Waals surface area contributed by atoms with Crippen molar-refractivity contribution in [2.24, 2.45) is 0 Å². The fourth-order valence-corrected chi connectivity index (χ4v) is 2.67. The second-order valence-corrected chi connectivity index (χ2v) is 6.82. The summed E-state index contributed by atoms with van der Waals surface area (Å²) in [4.78, 5) is 48.5. The predicted molar refractivity (Wildman–Crippen MR) is 89.4 cm³/mol. The van der Waals surface area contributed by atoms with E-state index in [2.05, 4.69) is 14.5 Å². The van der Waals surface area contributed by atoms with Gasteiger partial charge in [-0.05, 0) is 6.92 Å². The van der Waals surface area contributed by atoms with E-state index in [1.165, 1.54) is 5.32 Å². The van der Waals surface area contributed by atoms with Crippen LogP contribution in [0.25, 0.3) is 0 Å². The van der Waals surface area contributed by atoms with Gasteiger partial charge in [0.25, 0.3) is 0 Å². The van der Waals surface area contributed by atoms with Gasteiger partial charge in [-0.2, -0.15) is 44.5 Å². The zero-order chi connectivity index (χ0) is 26.9. The standard InChI is InChI=1S/C16H12F9N3O7/c1-5-3-28(13(32)27-9(5)26-10(29)14(17,18)19)8-2-6(35-12(31)16(23,24)25)7(34-8)4-33-11(30)15(20,21)22/h3,6-8H,2,4H2,1H3,(H,26,27,29,32). The molecule has 1 fully saturated rings. The molecule has 196 valence electrons. The van der Waals surface area contributed by atoms with Gasteiger partial charge in [-0.25, -0.2) is 14.4 Å². The molecular formula is C16H12F9N3O7. The van der Waals surface area contributed by atoms with Gasteiger partial charge in [0.2, 0.25) is 0 Å². The lowest BCUT2D eigenvalue weighted by molar-refractivity contribution is -0.212. The van der Waals surface area contributed by atoms with Crippen LogP contribution in [0.15, 0.2) is 11.0 Å². The fourth-order valence-electron chi connectivity index (χ4n) is 2.67. The molecule has 10 nitrogen and oxygen atoms in total. The molecule has 2 heterocycles. The summed E-state index contributed by atoms with van der Waals surface area (Å²) in [5, 5.41) is 1.33. The number of halogens is 9. The first-order valence-electron chi connectivity index (χ1n) is 8.96. The van der Waals surface area contributed by atoms with Crippen molar-refractivity contribution in [2.75, 3.05) is 11.9 Å². The van der Waals surface area contributed by atoms with E-state index in [4.69, 9.17) is 4.74 Å². The molecule has 19 heteroatoms. The highest BCUT2D eigenvalue weighted by Gasteiger charge is 2.48. The molecule has 3 unspecified atom stereocenters. The van der Waals surface area contributed by atoms with Crippen molar-refractivity contribution in [3.8, 4) is 0 Å². The molecule has 0 aliphatic carbocycles. The maximum atomic E-state index is 12.5. The van der Waals surface area contributed by atoms with Crippen molar-refractivity contribution in [3.05, 3.63) is 22.2 Å². The van der Waals surface area contributed by atoms with Crippen LogP contribution in [0.3, 0.4) is 0 Å². The number of alkyl halides is 9. The molecule has 0 saturated carbocycles. The van der Waals surface area contributed by atoms with Gasteiger partial charge in [-0.15, -0.1) is 0 Å². The number of hydrogen-bond donors (Lipinski definition) is 1. The van der Waals surface area contributed by atoms with Gasteiger partial charge in [0, 0.05) is 18.2 Å². The Bertz CT molecular complexity index is 1050. The van der Waals surface area contributed by atoms with E-state index in [0.717, 1.165) is 13.1 Å². The largest absolute Gasteiger partial charge is 0.490 e. The molecule has 0 spiro atoms. The summed E-state index contributed by atoms with van der Waals surface area (Å²) in [6.07, 6.45) is -21.9. The zero-order valence-corrected chi connectivity index (χ0v) is 16.9. The minimum Gasteiger partial charge on any atom is -0.456 e. The van der Waals surface area contributed by atoms with Crippen molar-refractivity contribution in [3.63, 3.8) is 0 Å². The van der Waals surface area contributed by atoms with Crippen LogP contribution in [0.5, 0.6) is 0 Å². The van der Waals surface area contributed by atoms with Gasteiger partial charge >= 0.3 is 42.1 Å². The van der Waals surface area contributed by atoms with Gasteiger partial charge in [-0.1, -0.05) is 0 Å². The number of nitrogens with zero attached hydrogens (tertiary/aromatic N) is 2. The number of carbonyl (C=O) groups is 3. The van der Waals surface area contributed by atoms with Gasteiger partial charge in [0.1, 0.15) is 30.9 Å². The lowest BCUT2D eigenvalue weighted by Gasteiger charge is -2.19. The zero-order valence-electron chi connectivity index (χ0n) is 16.9. The number of aryl methyl sites for hydroxylation is 1. The van der Waals surface area contributed by atoms with Gasteiger partial charge in [0.15, 0.2) is 0 Å². The van der Waals surface area contributed by atoms with Crippen molar-refractivity contribution in [2.45, 2.75) is 50.3 Å². The SMILES string of the molecule is Cc1cn(C2CC(OC(=O)C(F)(F)F)C(COC(=O)C(F)(F)F)O2)c(=O)nc1NC(=O)C(F)(F)F. The monoisotopic (exact) mass is 529 g/mol. The van der Waals surface area contributed by atoms with E-state index in [1.54, 1.807) is 0 Å². The summed E-state index contributed by atoms with van der Waals surface area (Å²) in [5.41, 5.74) is -1.66. The Balaban J connectivity index is 2.28. The Labute approximate surface area is 186 Å². The fraction of sp³-hybridized carbons (Fsp3) is 0.562. The molecule has 3 atom stereocenters. The van der Waals surface area contributed by atoms with E-state index < -0.39 is 79.3 Å². The van der Waals surface area contributed by atoms with E-state index in [9.17, 15) is 58.7 Å². The maximum Gasteiger partial charge on any atom is 0.490 e. The molecule has 0 radical (unpaired) electrons. The van der Waals surface area contributed by atoms with Crippen molar-refractivity contribution in [1.29, 1.82) is 0 Å². The van der Waals surface area contributed by atoms with Crippen LogP contribution in [-0.2, 0) is 28.6 Å². The third kappa shape index (κ3) is 7.06. The van der Waals surface area contributed by atoms with Crippen LogP contribution >= 0.6 is 0 Å². The molecule has 35 heavy (non-hydrogen) atoms. The Morgan fingerprint density at radius 3 is 2.14 bits per heavy atom. The third-order valence-corrected chi connectivity index (χ3v) is 4.21. The first kappa shape index (κ1) is 27.9. The van der Waals surface area contributed by atoms with E-state index in [0.29, 0.717) is 4.57 Å². The summed E-state index contributed by atoms with van der Waals surface area (Å²) >= 11 is 0. The molecule has 0 bridgehead atoms. The summed E-state index contributed by atoms with van der Waals surface area (Å²) in [6.45, 7) is -0.265. The molecule has 1 N–H and O–H groups in total. The molecule has 1 saturated heterocycles. The molecule has 1 aliphatic rings. The minimum atomic E-state index is -5.52. The Morgan fingerprint density at radius 2 is 1.63 bits per heavy atom. The molecule has 1 amide bonds. The number of aromatic nitrogens is 2. The van der Waals surface area contributed by atoms with Crippen LogP contribution in [0.1, 0.15) is 18.2 Å². The number of rotatable bonds is 5. The average molecular weight is 529 g/mol. The molecule has 1 aromatic rings. The number of amides is 1. The highest BCUT2D eigenvalue weighted by molar-refractivity contribution is 5.94. The maximum absolute atomic E-state index is 12.5. The molecule has 2 rings (SSSR count). The topological polar surface area (TPSA) is 126 Å². The lowest BCUT2D eigenvalue weighted by atomic mass is 10.2. The normalized spacial score (nSPS) is 20.9. The van der Waals surface area contributed by atoms with Crippen LogP contribution in [0.2, 0.25) is 0 Å². The lowest BCUT2D eigenvalue weighted by Crippen LogP contribution is -2.38. The molecule has 1 aliphatic heterocycles. The highest BCUT2D eigenvalue weighted by atomic mass is 19.4. The Morgan fingerprint density at radius 1 is 1.06 bits per heavy atom. The van der Waals surface area contributed by atoms with E-state index in [1.807, 2.05) is 0 Å². The number of esters is 2. The number of carbonyl (C=O) groups excluding carboxylic acids is 3. The van der Waals surface area contributed by atoms with Crippen molar-refractivity contribution < 1.29 is 68.1 Å². The smallest absolute Gasteiger partial charge is 0.456 e. The van der Waals surface area contributed by atoms with Crippen LogP contribution in [0, 0.1) is 6.92 Å². The van der Waals surface area contributed by atoms with Crippen LogP contribution < -0.4 is 11.0 Å². The minimum absolute atomic E-state index is 0.262. The predicted octanol–water partition coefficient (Wildman–Crippen LogP) is 1.92. The van der Waals surface area contributed by atoms with E-state index >= 15 is 0 Å². The number of ether oxygens (including phenoxy) is 3. The second-order valence-electron chi connectivity index (χ2n) is 6.82. The number of hydrogen-bond acceptors (Lipinski definition) is 8. The first-order chi connectivity index (χ1) is 15.8. The van der Waals surface area contributed by atoms with Crippen LogP contribution in [-0.4, -0.2) is 64.7 Å². The third-order valence-electron chi connectivity index (χ3n) is 4.21. The van der Waals surface area contributed by atoms with Crippen LogP contribution in [0.4, 0.5) is 45.3 Å². The van der Waals surface area contributed by atoms with Gasteiger partial charge in [0.05, 0.1) is 0 Å². The Hall–Kier alpha value is -3.38. The van der Waals surface area contributed by atoms with E-state index in [-0.39, 0.29) is 5.56 Å². The summed E-state index contributed by atoms with van der Waals surface area (Å²) < 4.78 is 125.